The van der Waals surface area contributed by atoms with Gasteiger partial charge in [-0.2, -0.15) is 0 Å². The largest absolute Gasteiger partial charge is 0.305 e. The van der Waals surface area contributed by atoms with E-state index in [9.17, 15) is 14.9 Å². The number of nitrogens with zero attached hydrogens (tertiary/aromatic N) is 1. The standard InChI is InChI=1S/C11H9NO3/c13-8-11(12(14)15)7-3-5-9-4-1-2-6-10(9)11/h1-6,8H,7H2. The Hall–Kier alpha value is -1.97. The van der Waals surface area contributed by atoms with Gasteiger partial charge in [-0.25, -0.2) is 0 Å². The zero-order valence-electron chi connectivity index (χ0n) is 7.92. The van der Waals surface area contributed by atoms with Crippen molar-refractivity contribution in [2.75, 3.05) is 0 Å². The molecule has 0 aliphatic heterocycles. The van der Waals surface area contributed by atoms with E-state index in [0.717, 1.165) is 5.56 Å². The number of fused-ring (bicyclic) bond motifs is 1. The lowest BCUT2D eigenvalue weighted by Crippen LogP contribution is -2.38. The molecule has 1 aromatic rings. The summed E-state index contributed by atoms with van der Waals surface area (Å²) >= 11 is 0. The molecule has 76 valence electrons. The molecule has 1 aliphatic rings. The van der Waals surface area contributed by atoms with Crippen molar-refractivity contribution in [1.29, 1.82) is 0 Å². The first-order valence-corrected chi connectivity index (χ1v) is 4.57. The number of benzene rings is 1. The van der Waals surface area contributed by atoms with Gasteiger partial charge < -0.3 is 0 Å². The van der Waals surface area contributed by atoms with Crippen LogP contribution < -0.4 is 0 Å². The Balaban J connectivity index is 2.67. The van der Waals surface area contributed by atoms with Crippen LogP contribution in [0.25, 0.3) is 6.08 Å². The topological polar surface area (TPSA) is 60.2 Å². The van der Waals surface area contributed by atoms with Gasteiger partial charge in [0.05, 0.1) is 0 Å². The minimum atomic E-state index is -1.59. The van der Waals surface area contributed by atoms with Crippen molar-refractivity contribution >= 4 is 12.4 Å². The predicted octanol–water partition coefficient (Wildman–Crippen LogP) is 1.77. The summed E-state index contributed by atoms with van der Waals surface area (Å²) in [6, 6.07) is 6.91. The Morgan fingerprint density at radius 1 is 1.40 bits per heavy atom. The van der Waals surface area contributed by atoms with E-state index in [1.54, 1.807) is 36.4 Å². The van der Waals surface area contributed by atoms with Gasteiger partial charge >= 0.3 is 5.54 Å². The molecule has 1 unspecified atom stereocenters. The van der Waals surface area contributed by atoms with Crippen molar-refractivity contribution in [3.05, 3.63) is 51.6 Å². The summed E-state index contributed by atoms with van der Waals surface area (Å²) < 4.78 is 0. The summed E-state index contributed by atoms with van der Waals surface area (Å²) in [5.74, 6) is 0. The average Bonchev–Trinajstić information content (AvgIpc) is 2.28. The van der Waals surface area contributed by atoms with Crippen molar-refractivity contribution in [3.63, 3.8) is 0 Å². The van der Waals surface area contributed by atoms with Crippen molar-refractivity contribution in [2.45, 2.75) is 12.0 Å². The molecule has 0 spiro atoms. The monoisotopic (exact) mass is 203 g/mol. The van der Waals surface area contributed by atoms with Gasteiger partial charge in [0, 0.05) is 16.9 Å². The quantitative estimate of drug-likeness (QED) is 0.418. The zero-order valence-corrected chi connectivity index (χ0v) is 7.92. The highest BCUT2D eigenvalue weighted by Gasteiger charge is 2.46. The molecule has 0 heterocycles. The Morgan fingerprint density at radius 3 is 2.80 bits per heavy atom. The summed E-state index contributed by atoms with van der Waals surface area (Å²) in [7, 11) is 0. The number of hydrogen-bond acceptors (Lipinski definition) is 3. The molecule has 0 bridgehead atoms. The number of rotatable bonds is 2. The van der Waals surface area contributed by atoms with Crippen LogP contribution in [0.4, 0.5) is 0 Å². The number of carbonyl (C=O) groups is 1. The summed E-state index contributed by atoms with van der Waals surface area (Å²) in [5, 5.41) is 11.0. The Morgan fingerprint density at radius 2 is 2.13 bits per heavy atom. The van der Waals surface area contributed by atoms with E-state index >= 15 is 0 Å². The number of aldehydes is 1. The van der Waals surface area contributed by atoms with E-state index in [4.69, 9.17) is 0 Å². The van der Waals surface area contributed by atoms with Gasteiger partial charge in [0.15, 0.2) is 0 Å². The molecule has 0 radical (unpaired) electrons. The molecular formula is C11H9NO3. The minimum Gasteiger partial charge on any atom is -0.295 e. The van der Waals surface area contributed by atoms with E-state index < -0.39 is 10.5 Å². The molecule has 0 aromatic heterocycles. The third-order valence-corrected chi connectivity index (χ3v) is 2.67. The summed E-state index contributed by atoms with van der Waals surface area (Å²) in [6.45, 7) is 0. The van der Waals surface area contributed by atoms with Gasteiger partial charge in [-0.1, -0.05) is 36.4 Å². The summed E-state index contributed by atoms with van der Waals surface area (Å²) in [6.07, 6.45) is 4.02. The van der Waals surface area contributed by atoms with Crippen LogP contribution in [-0.2, 0) is 10.3 Å². The smallest absolute Gasteiger partial charge is 0.295 e. The fraction of sp³-hybridized carbons (Fsp3) is 0.182. The highest BCUT2D eigenvalue weighted by molar-refractivity contribution is 5.73. The highest BCUT2D eigenvalue weighted by atomic mass is 16.6. The highest BCUT2D eigenvalue weighted by Crippen LogP contribution is 2.34. The lowest BCUT2D eigenvalue weighted by Gasteiger charge is -2.23. The van der Waals surface area contributed by atoms with Crippen LogP contribution in [0.3, 0.4) is 0 Å². The van der Waals surface area contributed by atoms with Crippen LogP contribution in [0, 0.1) is 10.1 Å². The number of hydrogen-bond donors (Lipinski definition) is 0. The van der Waals surface area contributed by atoms with Crippen LogP contribution in [0.15, 0.2) is 30.3 Å². The van der Waals surface area contributed by atoms with E-state index in [1.165, 1.54) is 0 Å². The molecule has 0 amide bonds. The fourth-order valence-corrected chi connectivity index (χ4v) is 1.84. The first kappa shape index (κ1) is 9.58. The molecule has 0 saturated carbocycles. The van der Waals surface area contributed by atoms with Crippen molar-refractivity contribution in [2.24, 2.45) is 0 Å². The molecule has 15 heavy (non-hydrogen) atoms. The van der Waals surface area contributed by atoms with Crippen LogP contribution >= 0.6 is 0 Å². The molecule has 0 fully saturated rings. The van der Waals surface area contributed by atoms with E-state index in [2.05, 4.69) is 0 Å². The Labute approximate surface area is 86.4 Å². The Bertz CT molecular complexity index is 453. The minimum absolute atomic E-state index is 0.126. The summed E-state index contributed by atoms with van der Waals surface area (Å²) in [4.78, 5) is 21.5. The first-order chi connectivity index (χ1) is 7.20. The lowest BCUT2D eigenvalue weighted by atomic mass is 9.82. The van der Waals surface area contributed by atoms with Gasteiger partial charge in [0.25, 0.3) is 0 Å². The maximum Gasteiger partial charge on any atom is 0.305 e. The zero-order chi connectivity index (χ0) is 10.9. The second kappa shape index (κ2) is 3.31. The molecule has 0 saturated heterocycles. The molecule has 4 heteroatoms. The Kier molecular flexibility index (Phi) is 2.11. The average molecular weight is 203 g/mol. The van der Waals surface area contributed by atoms with Crippen LogP contribution in [-0.4, -0.2) is 11.2 Å². The van der Waals surface area contributed by atoms with E-state index in [0.29, 0.717) is 11.8 Å². The van der Waals surface area contributed by atoms with Gasteiger partial charge in [-0.15, -0.1) is 0 Å². The van der Waals surface area contributed by atoms with Crippen molar-refractivity contribution < 1.29 is 9.72 Å². The fourth-order valence-electron chi connectivity index (χ4n) is 1.84. The second-order valence-corrected chi connectivity index (χ2v) is 3.49. The molecular weight excluding hydrogens is 194 g/mol. The third-order valence-electron chi connectivity index (χ3n) is 2.67. The van der Waals surface area contributed by atoms with Gasteiger partial charge in [-0.05, 0) is 5.56 Å². The third kappa shape index (κ3) is 1.26. The normalized spacial score (nSPS) is 23.2. The second-order valence-electron chi connectivity index (χ2n) is 3.49. The molecule has 2 rings (SSSR count). The van der Waals surface area contributed by atoms with Crippen molar-refractivity contribution in [1.82, 2.24) is 0 Å². The van der Waals surface area contributed by atoms with Crippen molar-refractivity contribution in [3.8, 4) is 0 Å². The van der Waals surface area contributed by atoms with Crippen LogP contribution in [0.2, 0.25) is 0 Å². The van der Waals surface area contributed by atoms with E-state index in [1.807, 2.05) is 0 Å². The van der Waals surface area contributed by atoms with Crippen LogP contribution in [0.5, 0.6) is 0 Å². The van der Waals surface area contributed by atoms with Gasteiger partial charge in [0.1, 0.15) is 0 Å². The molecule has 0 N–H and O–H groups in total. The maximum atomic E-state index is 11.0. The van der Waals surface area contributed by atoms with E-state index in [-0.39, 0.29) is 6.42 Å². The molecule has 4 nitrogen and oxygen atoms in total. The predicted molar refractivity (Wildman–Crippen MR) is 54.8 cm³/mol. The number of nitro groups is 1. The number of carbonyl (C=O) groups excluding carboxylic acids is 1. The summed E-state index contributed by atoms with van der Waals surface area (Å²) in [5.41, 5.74) is -0.370. The van der Waals surface area contributed by atoms with Crippen LogP contribution in [0.1, 0.15) is 17.5 Å². The first-order valence-electron chi connectivity index (χ1n) is 4.57. The van der Waals surface area contributed by atoms with Gasteiger partial charge in [-0.3, -0.25) is 14.9 Å². The SMILES string of the molecule is O=CC1([N+](=O)[O-])CC=Cc2ccccc21. The molecule has 1 aliphatic carbocycles. The maximum absolute atomic E-state index is 11.0. The lowest BCUT2D eigenvalue weighted by molar-refractivity contribution is -0.557. The molecule has 1 atom stereocenters. The molecule has 1 aromatic carbocycles. The van der Waals surface area contributed by atoms with Gasteiger partial charge in [0.2, 0.25) is 6.29 Å².